The number of hydrogen-bond acceptors (Lipinski definition) is 3. The van der Waals surface area contributed by atoms with Crippen LogP contribution in [-0.4, -0.2) is 24.0 Å². The molecule has 0 bridgehead atoms. The van der Waals surface area contributed by atoms with Crippen molar-refractivity contribution in [3.63, 3.8) is 0 Å². The third kappa shape index (κ3) is 5.79. The Morgan fingerprint density at radius 3 is 2.47 bits per heavy atom. The van der Waals surface area contributed by atoms with E-state index in [1.807, 2.05) is 0 Å². The van der Waals surface area contributed by atoms with E-state index in [0.717, 1.165) is 24.8 Å². The maximum Gasteiger partial charge on any atom is 0.122 e. The first-order chi connectivity index (χ1) is 8.90. The lowest BCUT2D eigenvalue weighted by atomic mass is 10.0. The number of furan rings is 1. The van der Waals surface area contributed by atoms with Gasteiger partial charge in [0.15, 0.2) is 0 Å². The molecule has 0 spiro atoms. The van der Waals surface area contributed by atoms with Crippen molar-refractivity contribution in [3.05, 3.63) is 23.7 Å². The zero-order valence-corrected chi connectivity index (χ0v) is 13.4. The van der Waals surface area contributed by atoms with E-state index in [1.165, 1.54) is 12.0 Å². The highest BCUT2D eigenvalue weighted by Gasteiger charge is 2.15. The van der Waals surface area contributed by atoms with Crippen LogP contribution in [0.3, 0.4) is 0 Å². The molecule has 0 radical (unpaired) electrons. The Balaban J connectivity index is 2.54. The lowest BCUT2D eigenvalue weighted by Gasteiger charge is -2.25. The van der Waals surface area contributed by atoms with Crippen LogP contribution < -0.4 is 5.32 Å². The SMILES string of the molecule is CC(C)CC(C)N(C)Cc1occc1CNC(C)C. The largest absolute Gasteiger partial charge is 0.468 e. The van der Waals surface area contributed by atoms with Crippen molar-refractivity contribution < 1.29 is 4.42 Å². The monoisotopic (exact) mass is 266 g/mol. The molecule has 0 aliphatic rings. The van der Waals surface area contributed by atoms with Crippen LogP contribution in [0.2, 0.25) is 0 Å². The molecular weight excluding hydrogens is 236 g/mol. The Kier molecular flexibility index (Phi) is 6.59. The van der Waals surface area contributed by atoms with Crippen molar-refractivity contribution in [1.82, 2.24) is 10.2 Å². The normalized spacial score (nSPS) is 13.7. The molecule has 0 aromatic carbocycles. The summed E-state index contributed by atoms with van der Waals surface area (Å²) in [5.41, 5.74) is 1.28. The van der Waals surface area contributed by atoms with Gasteiger partial charge in [0, 0.05) is 24.2 Å². The molecular formula is C16H30N2O. The summed E-state index contributed by atoms with van der Waals surface area (Å²) in [5.74, 6) is 1.82. The standard InChI is InChI=1S/C16H30N2O/c1-12(2)9-14(5)18(6)11-16-15(7-8-19-16)10-17-13(3)4/h7-8,12-14,17H,9-11H2,1-6H3. The second kappa shape index (κ2) is 7.71. The van der Waals surface area contributed by atoms with Crippen molar-refractivity contribution in [3.8, 4) is 0 Å². The maximum atomic E-state index is 5.64. The van der Waals surface area contributed by atoms with Crippen molar-refractivity contribution in [1.29, 1.82) is 0 Å². The first kappa shape index (κ1) is 16.3. The van der Waals surface area contributed by atoms with Crippen LogP contribution in [0.4, 0.5) is 0 Å². The molecule has 0 amide bonds. The van der Waals surface area contributed by atoms with Gasteiger partial charge < -0.3 is 9.73 Å². The molecule has 19 heavy (non-hydrogen) atoms. The average molecular weight is 266 g/mol. The number of nitrogens with one attached hydrogen (secondary N) is 1. The number of rotatable bonds is 8. The van der Waals surface area contributed by atoms with Crippen LogP contribution in [0.25, 0.3) is 0 Å². The van der Waals surface area contributed by atoms with E-state index in [0.29, 0.717) is 12.1 Å². The quantitative estimate of drug-likeness (QED) is 0.778. The third-order valence-electron chi connectivity index (χ3n) is 3.50. The van der Waals surface area contributed by atoms with E-state index in [9.17, 15) is 0 Å². The molecule has 3 heteroatoms. The van der Waals surface area contributed by atoms with Gasteiger partial charge in [-0.2, -0.15) is 0 Å². The first-order valence-corrected chi connectivity index (χ1v) is 7.39. The van der Waals surface area contributed by atoms with E-state index in [2.05, 4.69) is 57.9 Å². The van der Waals surface area contributed by atoms with Gasteiger partial charge in [0.2, 0.25) is 0 Å². The Morgan fingerprint density at radius 1 is 1.21 bits per heavy atom. The van der Waals surface area contributed by atoms with Crippen molar-refractivity contribution in [2.45, 2.75) is 66.2 Å². The van der Waals surface area contributed by atoms with E-state index < -0.39 is 0 Å². The van der Waals surface area contributed by atoms with E-state index >= 15 is 0 Å². The Bertz CT molecular complexity index is 357. The highest BCUT2D eigenvalue weighted by Crippen LogP contribution is 2.16. The van der Waals surface area contributed by atoms with Crippen LogP contribution >= 0.6 is 0 Å². The molecule has 0 aliphatic carbocycles. The zero-order valence-electron chi connectivity index (χ0n) is 13.4. The topological polar surface area (TPSA) is 28.4 Å². The van der Waals surface area contributed by atoms with Gasteiger partial charge in [-0.3, -0.25) is 4.90 Å². The minimum Gasteiger partial charge on any atom is -0.468 e. The van der Waals surface area contributed by atoms with Gasteiger partial charge in [0.25, 0.3) is 0 Å². The number of nitrogens with zero attached hydrogens (tertiary/aromatic N) is 1. The molecule has 0 fully saturated rings. The number of hydrogen-bond donors (Lipinski definition) is 1. The highest BCUT2D eigenvalue weighted by atomic mass is 16.3. The summed E-state index contributed by atoms with van der Waals surface area (Å²) in [6.07, 6.45) is 3.02. The second-order valence-electron chi connectivity index (χ2n) is 6.30. The molecule has 1 atom stereocenters. The molecule has 0 saturated heterocycles. The molecule has 1 heterocycles. The van der Waals surface area contributed by atoms with Crippen LogP contribution in [0, 0.1) is 5.92 Å². The fraction of sp³-hybridized carbons (Fsp3) is 0.750. The summed E-state index contributed by atoms with van der Waals surface area (Å²) >= 11 is 0. The summed E-state index contributed by atoms with van der Waals surface area (Å²) in [4.78, 5) is 2.37. The van der Waals surface area contributed by atoms with Gasteiger partial charge in [-0.25, -0.2) is 0 Å². The van der Waals surface area contributed by atoms with Crippen molar-refractivity contribution >= 4 is 0 Å². The average Bonchev–Trinajstić information content (AvgIpc) is 2.72. The fourth-order valence-electron chi connectivity index (χ4n) is 2.22. The van der Waals surface area contributed by atoms with Gasteiger partial charge in [-0.15, -0.1) is 0 Å². The molecule has 1 aromatic rings. The predicted octanol–water partition coefficient (Wildman–Crippen LogP) is 3.64. The van der Waals surface area contributed by atoms with Crippen molar-refractivity contribution in [2.75, 3.05) is 7.05 Å². The Morgan fingerprint density at radius 2 is 1.89 bits per heavy atom. The summed E-state index contributed by atoms with van der Waals surface area (Å²) in [5, 5.41) is 3.44. The van der Waals surface area contributed by atoms with Crippen LogP contribution in [0.1, 0.15) is 52.4 Å². The highest BCUT2D eigenvalue weighted by molar-refractivity contribution is 5.16. The molecule has 1 aromatic heterocycles. The summed E-state index contributed by atoms with van der Waals surface area (Å²) in [6, 6.07) is 3.16. The van der Waals surface area contributed by atoms with E-state index in [1.54, 1.807) is 6.26 Å². The lowest BCUT2D eigenvalue weighted by Crippen LogP contribution is -2.30. The molecule has 3 nitrogen and oxygen atoms in total. The van der Waals surface area contributed by atoms with Gasteiger partial charge in [-0.1, -0.05) is 27.7 Å². The molecule has 1 N–H and O–H groups in total. The summed E-state index contributed by atoms with van der Waals surface area (Å²) < 4.78 is 5.64. The Labute approximate surface area is 118 Å². The minimum absolute atomic E-state index is 0.500. The second-order valence-corrected chi connectivity index (χ2v) is 6.30. The van der Waals surface area contributed by atoms with Crippen LogP contribution in [0.15, 0.2) is 16.7 Å². The van der Waals surface area contributed by atoms with Gasteiger partial charge in [0.05, 0.1) is 12.8 Å². The molecule has 1 rings (SSSR count). The minimum atomic E-state index is 0.500. The van der Waals surface area contributed by atoms with Gasteiger partial charge in [0.1, 0.15) is 5.76 Å². The maximum absolute atomic E-state index is 5.64. The van der Waals surface area contributed by atoms with Gasteiger partial charge >= 0.3 is 0 Å². The fourth-order valence-corrected chi connectivity index (χ4v) is 2.22. The summed E-state index contributed by atoms with van der Waals surface area (Å²) in [6.45, 7) is 12.9. The first-order valence-electron chi connectivity index (χ1n) is 7.39. The lowest BCUT2D eigenvalue weighted by molar-refractivity contribution is 0.204. The van der Waals surface area contributed by atoms with E-state index in [4.69, 9.17) is 4.42 Å². The third-order valence-corrected chi connectivity index (χ3v) is 3.50. The van der Waals surface area contributed by atoms with E-state index in [-0.39, 0.29) is 0 Å². The summed E-state index contributed by atoms with van der Waals surface area (Å²) in [7, 11) is 2.18. The molecule has 110 valence electrons. The predicted molar refractivity (Wildman–Crippen MR) is 81.1 cm³/mol. The van der Waals surface area contributed by atoms with Gasteiger partial charge in [-0.05, 0) is 32.4 Å². The molecule has 0 saturated carbocycles. The smallest absolute Gasteiger partial charge is 0.122 e. The Hall–Kier alpha value is -0.800. The van der Waals surface area contributed by atoms with Crippen LogP contribution in [-0.2, 0) is 13.1 Å². The van der Waals surface area contributed by atoms with Crippen molar-refractivity contribution in [2.24, 2.45) is 5.92 Å². The van der Waals surface area contributed by atoms with Crippen LogP contribution in [0.5, 0.6) is 0 Å². The zero-order chi connectivity index (χ0) is 14.4. The molecule has 0 aliphatic heterocycles. The molecule has 1 unspecified atom stereocenters.